The molecule has 2 aromatic carbocycles. The van der Waals surface area contributed by atoms with Crippen LogP contribution in [-0.4, -0.2) is 57.2 Å². The summed E-state index contributed by atoms with van der Waals surface area (Å²) in [5.74, 6) is 0.844. The second-order valence-electron chi connectivity index (χ2n) is 8.25. The molecule has 164 valence electrons. The van der Waals surface area contributed by atoms with Gasteiger partial charge in [-0.15, -0.1) is 0 Å². The topological polar surface area (TPSA) is 58.4 Å². The number of aromatic nitrogens is 2. The smallest absolute Gasteiger partial charge is 0.254 e. The van der Waals surface area contributed by atoms with Gasteiger partial charge in [0, 0.05) is 50.6 Å². The van der Waals surface area contributed by atoms with Crippen LogP contribution >= 0.6 is 11.8 Å². The van der Waals surface area contributed by atoms with Gasteiger partial charge in [-0.05, 0) is 11.1 Å². The SMILES string of the molecule is O=C(CC1CSc2nccc(=O)n21)N1CCN(C(c2ccccc2)c2ccccc2)CC1. The lowest BCUT2D eigenvalue weighted by Gasteiger charge is -2.40. The molecule has 5 rings (SSSR count). The molecule has 2 aliphatic rings. The summed E-state index contributed by atoms with van der Waals surface area (Å²) in [7, 11) is 0. The maximum atomic E-state index is 13.1. The van der Waals surface area contributed by atoms with E-state index in [1.807, 2.05) is 17.0 Å². The highest BCUT2D eigenvalue weighted by Crippen LogP contribution is 2.33. The number of carbonyl (C=O) groups is 1. The minimum Gasteiger partial charge on any atom is -0.340 e. The molecule has 3 heterocycles. The maximum Gasteiger partial charge on any atom is 0.254 e. The van der Waals surface area contributed by atoms with Crippen molar-refractivity contribution in [1.82, 2.24) is 19.4 Å². The maximum absolute atomic E-state index is 13.1. The third kappa shape index (κ3) is 4.23. The number of fused-ring (bicyclic) bond motifs is 1. The molecular formula is C25H26N4O2S. The predicted molar refractivity (Wildman–Crippen MR) is 126 cm³/mol. The molecule has 0 bridgehead atoms. The number of amides is 1. The van der Waals surface area contributed by atoms with Crippen LogP contribution in [0.2, 0.25) is 0 Å². The third-order valence-corrected chi connectivity index (χ3v) is 7.40. The first-order valence-corrected chi connectivity index (χ1v) is 12.0. The molecule has 0 saturated carbocycles. The van der Waals surface area contributed by atoms with Crippen molar-refractivity contribution in [2.24, 2.45) is 0 Å². The summed E-state index contributed by atoms with van der Waals surface area (Å²) in [4.78, 5) is 34.0. The largest absolute Gasteiger partial charge is 0.340 e. The fourth-order valence-electron chi connectivity index (χ4n) is 4.68. The van der Waals surface area contributed by atoms with E-state index in [1.165, 1.54) is 17.2 Å². The Morgan fingerprint density at radius 1 is 0.938 bits per heavy atom. The molecule has 1 aromatic heterocycles. The van der Waals surface area contributed by atoms with Crippen molar-refractivity contribution in [3.63, 3.8) is 0 Å². The van der Waals surface area contributed by atoms with Gasteiger partial charge in [0.15, 0.2) is 5.16 Å². The number of nitrogens with zero attached hydrogens (tertiary/aromatic N) is 4. The Balaban J connectivity index is 1.26. The van der Waals surface area contributed by atoms with Gasteiger partial charge < -0.3 is 4.90 Å². The van der Waals surface area contributed by atoms with E-state index < -0.39 is 0 Å². The summed E-state index contributed by atoms with van der Waals surface area (Å²) < 4.78 is 1.68. The average Bonchev–Trinajstić information content (AvgIpc) is 3.25. The van der Waals surface area contributed by atoms with Gasteiger partial charge in [-0.25, -0.2) is 4.98 Å². The Bertz CT molecular complexity index is 1090. The van der Waals surface area contributed by atoms with E-state index in [9.17, 15) is 9.59 Å². The summed E-state index contributed by atoms with van der Waals surface area (Å²) in [6.07, 6.45) is 1.90. The average molecular weight is 447 g/mol. The lowest BCUT2D eigenvalue weighted by atomic mass is 9.96. The molecule has 0 aliphatic carbocycles. The number of carbonyl (C=O) groups excluding carboxylic acids is 1. The van der Waals surface area contributed by atoms with Crippen molar-refractivity contribution in [2.75, 3.05) is 31.9 Å². The minimum absolute atomic E-state index is 0.0730. The minimum atomic E-state index is -0.108. The van der Waals surface area contributed by atoms with Crippen LogP contribution in [0.25, 0.3) is 0 Å². The summed E-state index contributed by atoms with van der Waals surface area (Å²) in [5, 5.41) is 0.716. The van der Waals surface area contributed by atoms with Crippen LogP contribution in [0.4, 0.5) is 0 Å². The Hall–Kier alpha value is -2.90. The Kier molecular flexibility index (Phi) is 6.10. The van der Waals surface area contributed by atoms with E-state index in [0.29, 0.717) is 24.7 Å². The third-order valence-electron chi connectivity index (χ3n) is 6.29. The van der Waals surface area contributed by atoms with Gasteiger partial charge in [0.25, 0.3) is 5.56 Å². The molecule has 0 spiro atoms. The second kappa shape index (κ2) is 9.30. The van der Waals surface area contributed by atoms with E-state index in [-0.39, 0.29) is 23.6 Å². The van der Waals surface area contributed by atoms with Crippen molar-refractivity contribution < 1.29 is 4.79 Å². The van der Waals surface area contributed by atoms with E-state index in [4.69, 9.17) is 0 Å². The number of piperazine rings is 1. The number of thioether (sulfide) groups is 1. The van der Waals surface area contributed by atoms with E-state index in [0.717, 1.165) is 18.8 Å². The highest BCUT2D eigenvalue weighted by Gasteiger charge is 2.31. The first kappa shape index (κ1) is 21.0. The Morgan fingerprint density at radius 2 is 1.56 bits per heavy atom. The van der Waals surface area contributed by atoms with Crippen LogP contribution in [0.5, 0.6) is 0 Å². The molecule has 1 amide bonds. The van der Waals surface area contributed by atoms with Crippen LogP contribution in [-0.2, 0) is 4.79 Å². The fourth-order valence-corrected chi connectivity index (χ4v) is 5.81. The van der Waals surface area contributed by atoms with Gasteiger partial charge in [-0.1, -0.05) is 72.4 Å². The van der Waals surface area contributed by atoms with Gasteiger partial charge >= 0.3 is 0 Å². The van der Waals surface area contributed by atoms with Crippen LogP contribution in [0.15, 0.2) is 82.9 Å². The Labute approximate surface area is 191 Å². The molecule has 7 heteroatoms. The van der Waals surface area contributed by atoms with Gasteiger partial charge in [-0.2, -0.15) is 0 Å². The molecule has 1 fully saturated rings. The molecule has 2 aliphatic heterocycles. The van der Waals surface area contributed by atoms with Gasteiger partial charge in [0.1, 0.15) is 0 Å². The number of hydrogen-bond acceptors (Lipinski definition) is 5. The first-order chi connectivity index (χ1) is 15.7. The highest BCUT2D eigenvalue weighted by molar-refractivity contribution is 7.99. The molecule has 1 saturated heterocycles. The van der Waals surface area contributed by atoms with Gasteiger partial charge in [0.2, 0.25) is 5.91 Å². The zero-order valence-corrected chi connectivity index (χ0v) is 18.7. The molecule has 0 radical (unpaired) electrons. The summed E-state index contributed by atoms with van der Waals surface area (Å²) in [6, 6.07) is 22.7. The quantitative estimate of drug-likeness (QED) is 0.564. The van der Waals surface area contributed by atoms with E-state index in [1.54, 1.807) is 22.5 Å². The monoisotopic (exact) mass is 446 g/mol. The molecule has 32 heavy (non-hydrogen) atoms. The van der Waals surface area contributed by atoms with Crippen molar-refractivity contribution >= 4 is 17.7 Å². The second-order valence-corrected chi connectivity index (χ2v) is 9.23. The molecule has 6 nitrogen and oxygen atoms in total. The fraction of sp³-hybridized carbons (Fsp3) is 0.320. The zero-order chi connectivity index (χ0) is 21.9. The lowest BCUT2D eigenvalue weighted by Crippen LogP contribution is -2.50. The lowest BCUT2D eigenvalue weighted by molar-refractivity contribution is -0.133. The molecule has 1 atom stereocenters. The number of benzene rings is 2. The van der Waals surface area contributed by atoms with E-state index >= 15 is 0 Å². The Morgan fingerprint density at radius 3 is 2.19 bits per heavy atom. The van der Waals surface area contributed by atoms with Crippen molar-refractivity contribution in [3.8, 4) is 0 Å². The van der Waals surface area contributed by atoms with Gasteiger partial charge in [0.05, 0.1) is 12.1 Å². The van der Waals surface area contributed by atoms with E-state index in [2.05, 4.69) is 58.4 Å². The standard InChI is InChI=1S/C25H26N4O2S/c30-22-11-12-26-25-29(22)21(18-32-25)17-23(31)27-13-15-28(16-14-27)24(19-7-3-1-4-8-19)20-9-5-2-6-10-20/h1-12,21,24H,13-18H2. The summed E-state index contributed by atoms with van der Waals surface area (Å²) in [5.41, 5.74) is 2.46. The molecule has 3 aromatic rings. The van der Waals surface area contributed by atoms with Gasteiger partial charge in [-0.3, -0.25) is 19.1 Å². The highest BCUT2D eigenvalue weighted by atomic mass is 32.2. The van der Waals surface area contributed by atoms with Crippen LogP contribution in [0, 0.1) is 0 Å². The van der Waals surface area contributed by atoms with Crippen molar-refractivity contribution in [2.45, 2.75) is 23.7 Å². The van der Waals surface area contributed by atoms with Crippen LogP contribution < -0.4 is 5.56 Å². The summed E-state index contributed by atoms with van der Waals surface area (Å²) in [6.45, 7) is 3.03. The number of rotatable bonds is 5. The molecular weight excluding hydrogens is 420 g/mol. The summed E-state index contributed by atoms with van der Waals surface area (Å²) >= 11 is 1.55. The van der Waals surface area contributed by atoms with Crippen molar-refractivity contribution in [3.05, 3.63) is 94.4 Å². The number of hydrogen-bond donors (Lipinski definition) is 0. The normalized spacial score (nSPS) is 18.7. The van der Waals surface area contributed by atoms with Crippen LogP contribution in [0.3, 0.4) is 0 Å². The molecule has 0 N–H and O–H groups in total. The first-order valence-electron chi connectivity index (χ1n) is 11.0. The zero-order valence-electron chi connectivity index (χ0n) is 17.8. The van der Waals surface area contributed by atoms with Crippen molar-refractivity contribution in [1.29, 1.82) is 0 Å². The van der Waals surface area contributed by atoms with Crippen LogP contribution in [0.1, 0.15) is 29.6 Å². The predicted octanol–water partition coefficient (Wildman–Crippen LogP) is 3.21. The molecule has 1 unspecified atom stereocenters.